The first-order chi connectivity index (χ1) is 20.0. The van der Waals surface area contributed by atoms with Crippen LogP contribution in [-0.2, 0) is 0 Å². The largest absolute Gasteiger partial charge is 0.497 e. The van der Waals surface area contributed by atoms with Crippen LogP contribution in [0.2, 0.25) is 0 Å². The van der Waals surface area contributed by atoms with E-state index in [9.17, 15) is 0 Å². The van der Waals surface area contributed by atoms with Gasteiger partial charge in [0, 0.05) is 41.5 Å². The Morgan fingerprint density at radius 1 is 0.488 bits per heavy atom. The molecule has 4 atom stereocenters. The minimum atomic E-state index is -0.293. The summed E-state index contributed by atoms with van der Waals surface area (Å²) in [7, 11) is 10.1. The van der Waals surface area contributed by atoms with Crippen molar-refractivity contribution in [1.29, 1.82) is 0 Å². The van der Waals surface area contributed by atoms with Crippen LogP contribution in [-0.4, -0.2) is 42.7 Å². The molecule has 41 heavy (non-hydrogen) atoms. The van der Waals surface area contributed by atoms with Crippen LogP contribution in [0.5, 0.6) is 40.2 Å². The lowest BCUT2D eigenvalue weighted by Crippen LogP contribution is -2.27. The molecular weight excluding hydrogens is 520 g/mol. The molecule has 0 bridgehead atoms. The SMILES string of the molecule is COc1ccc([C@@H]2Oc3cc(OC)ccc3[C@@H]3[C@H](c4cc(OC)cc(OC)c4)c4c(OC)cc(OC)cc4[C@H]32)cc1. The molecule has 4 aromatic rings. The van der Waals surface area contributed by atoms with Crippen molar-refractivity contribution in [1.82, 2.24) is 0 Å². The predicted molar refractivity (Wildman–Crippen MR) is 156 cm³/mol. The summed E-state index contributed by atoms with van der Waals surface area (Å²) in [5, 5.41) is 0. The minimum Gasteiger partial charge on any atom is -0.497 e. The third-order valence-electron chi connectivity index (χ3n) is 8.36. The van der Waals surface area contributed by atoms with Crippen molar-refractivity contribution in [2.45, 2.75) is 23.9 Å². The van der Waals surface area contributed by atoms with Crippen molar-refractivity contribution in [2.75, 3.05) is 42.7 Å². The average molecular weight is 555 g/mol. The maximum Gasteiger partial charge on any atom is 0.131 e. The van der Waals surface area contributed by atoms with Crippen molar-refractivity contribution in [3.05, 3.63) is 101 Å². The van der Waals surface area contributed by atoms with Gasteiger partial charge in [-0.25, -0.2) is 0 Å². The molecule has 1 heterocycles. The second-order valence-electron chi connectivity index (χ2n) is 10.2. The van der Waals surface area contributed by atoms with Crippen LogP contribution in [0, 0.1) is 0 Å². The Hall–Kier alpha value is -4.52. The van der Waals surface area contributed by atoms with Crippen LogP contribution in [0.25, 0.3) is 0 Å². The minimum absolute atomic E-state index is 0.00424. The quantitative estimate of drug-likeness (QED) is 0.235. The Bertz CT molecular complexity index is 1540. The van der Waals surface area contributed by atoms with Crippen molar-refractivity contribution >= 4 is 0 Å². The van der Waals surface area contributed by atoms with Gasteiger partial charge in [-0.15, -0.1) is 0 Å². The van der Waals surface area contributed by atoms with Gasteiger partial charge in [-0.3, -0.25) is 0 Å². The Morgan fingerprint density at radius 3 is 1.71 bits per heavy atom. The second-order valence-corrected chi connectivity index (χ2v) is 10.2. The molecule has 0 saturated heterocycles. The number of hydrogen-bond donors (Lipinski definition) is 0. The van der Waals surface area contributed by atoms with Crippen LogP contribution >= 0.6 is 0 Å². The summed E-state index contributed by atoms with van der Waals surface area (Å²) in [5.74, 6) is 5.15. The summed E-state index contributed by atoms with van der Waals surface area (Å²) in [5.41, 5.74) is 5.44. The van der Waals surface area contributed by atoms with E-state index in [0.717, 1.165) is 68.1 Å². The third-order valence-corrected chi connectivity index (χ3v) is 8.36. The normalized spacial score (nSPS) is 20.1. The monoisotopic (exact) mass is 554 g/mol. The van der Waals surface area contributed by atoms with E-state index in [1.165, 1.54) is 0 Å². The zero-order valence-corrected chi connectivity index (χ0v) is 24.1. The molecule has 4 aromatic carbocycles. The number of methoxy groups -OCH3 is 6. The molecular formula is C34H34O7. The summed E-state index contributed by atoms with van der Waals surface area (Å²) < 4.78 is 41.1. The molecule has 0 spiro atoms. The molecule has 0 radical (unpaired) electrons. The molecule has 0 N–H and O–H groups in total. The van der Waals surface area contributed by atoms with Gasteiger partial charge in [0.25, 0.3) is 0 Å². The molecule has 7 nitrogen and oxygen atoms in total. The highest BCUT2D eigenvalue weighted by Crippen LogP contribution is 2.66. The van der Waals surface area contributed by atoms with Gasteiger partial charge in [0.1, 0.15) is 46.4 Å². The zero-order chi connectivity index (χ0) is 28.7. The number of rotatable bonds is 8. The predicted octanol–water partition coefficient (Wildman–Crippen LogP) is 6.88. The van der Waals surface area contributed by atoms with E-state index < -0.39 is 0 Å². The molecule has 6 rings (SSSR count). The van der Waals surface area contributed by atoms with Crippen LogP contribution in [0.15, 0.2) is 72.8 Å². The van der Waals surface area contributed by atoms with Gasteiger partial charge in [0.05, 0.1) is 42.7 Å². The molecule has 2 aliphatic rings. The van der Waals surface area contributed by atoms with Gasteiger partial charge in [-0.2, -0.15) is 0 Å². The van der Waals surface area contributed by atoms with Crippen molar-refractivity contribution < 1.29 is 33.2 Å². The van der Waals surface area contributed by atoms with Gasteiger partial charge >= 0.3 is 0 Å². The van der Waals surface area contributed by atoms with E-state index in [4.69, 9.17) is 33.2 Å². The first-order valence-electron chi connectivity index (χ1n) is 13.5. The fraction of sp³-hybridized carbons (Fsp3) is 0.294. The van der Waals surface area contributed by atoms with Gasteiger partial charge in [-0.1, -0.05) is 18.2 Å². The van der Waals surface area contributed by atoms with Crippen molar-refractivity contribution in [3.63, 3.8) is 0 Å². The van der Waals surface area contributed by atoms with E-state index in [0.29, 0.717) is 0 Å². The Morgan fingerprint density at radius 2 is 1.10 bits per heavy atom. The topological polar surface area (TPSA) is 64.6 Å². The number of hydrogen-bond acceptors (Lipinski definition) is 7. The van der Waals surface area contributed by atoms with Crippen LogP contribution < -0.4 is 33.2 Å². The summed E-state index contributed by atoms with van der Waals surface area (Å²) >= 11 is 0. The van der Waals surface area contributed by atoms with Crippen molar-refractivity contribution in [3.8, 4) is 40.2 Å². The van der Waals surface area contributed by atoms with Gasteiger partial charge in [-0.05, 0) is 58.7 Å². The van der Waals surface area contributed by atoms with E-state index in [1.807, 2.05) is 36.4 Å². The van der Waals surface area contributed by atoms with E-state index in [2.05, 4.69) is 36.4 Å². The molecule has 0 unspecified atom stereocenters. The number of ether oxygens (including phenoxy) is 7. The zero-order valence-electron chi connectivity index (χ0n) is 24.1. The number of fused-ring (bicyclic) bond motifs is 5. The lowest BCUT2D eigenvalue weighted by Gasteiger charge is -2.39. The highest BCUT2D eigenvalue weighted by atomic mass is 16.5. The molecule has 212 valence electrons. The Kier molecular flexibility index (Phi) is 7.03. The summed E-state index contributed by atoms with van der Waals surface area (Å²) in [4.78, 5) is 0. The fourth-order valence-corrected chi connectivity index (χ4v) is 6.50. The van der Waals surface area contributed by atoms with Gasteiger partial charge in [0.15, 0.2) is 0 Å². The molecule has 0 amide bonds. The van der Waals surface area contributed by atoms with E-state index in [-0.39, 0.29) is 23.9 Å². The highest BCUT2D eigenvalue weighted by molar-refractivity contribution is 5.64. The maximum absolute atomic E-state index is 6.87. The standard InChI is InChI=1S/C34H34O7/c1-35-21-9-7-19(8-10-21)34-33-27-16-25(39-5)18-29(40-6)31(27)30(20-13-23(37-3)15-24(14-20)38-4)32(33)26-12-11-22(36-2)17-28(26)41-34/h7-18,30,32-34H,1-6H3/t30-,32-,33-,34+/m1/s1. The van der Waals surface area contributed by atoms with E-state index in [1.54, 1.807) is 42.7 Å². The van der Waals surface area contributed by atoms with Crippen molar-refractivity contribution in [2.24, 2.45) is 0 Å². The molecule has 1 aliphatic carbocycles. The molecule has 7 heteroatoms. The average Bonchev–Trinajstić information content (AvgIpc) is 3.38. The Balaban J connectivity index is 1.65. The highest BCUT2D eigenvalue weighted by Gasteiger charge is 2.52. The number of benzene rings is 4. The fourth-order valence-electron chi connectivity index (χ4n) is 6.50. The molecule has 1 aliphatic heterocycles. The van der Waals surface area contributed by atoms with Crippen LogP contribution in [0.3, 0.4) is 0 Å². The molecule has 0 saturated carbocycles. The Labute approximate surface area is 240 Å². The first kappa shape index (κ1) is 26.7. The van der Waals surface area contributed by atoms with Gasteiger partial charge in [0.2, 0.25) is 0 Å². The van der Waals surface area contributed by atoms with Gasteiger partial charge < -0.3 is 33.2 Å². The lowest BCUT2D eigenvalue weighted by molar-refractivity contribution is 0.135. The summed E-state index contributed by atoms with van der Waals surface area (Å²) in [6.07, 6.45) is -0.293. The first-order valence-corrected chi connectivity index (χ1v) is 13.5. The smallest absolute Gasteiger partial charge is 0.131 e. The van der Waals surface area contributed by atoms with Crippen LogP contribution in [0.4, 0.5) is 0 Å². The van der Waals surface area contributed by atoms with E-state index >= 15 is 0 Å². The summed E-state index contributed by atoms with van der Waals surface area (Å²) in [6.45, 7) is 0. The summed E-state index contributed by atoms with van der Waals surface area (Å²) in [6, 6.07) is 24.3. The second kappa shape index (κ2) is 10.8. The molecule has 0 aromatic heterocycles. The lowest BCUT2D eigenvalue weighted by atomic mass is 9.73. The van der Waals surface area contributed by atoms with Crippen LogP contribution in [0.1, 0.15) is 51.7 Å². The maximum atomic E-state index is 6.87. The molecule has 0 fully saturated rings. The third kappa shape index (κ3) is 4.46.